The molecule has 1 N–H and O–H groups in total. The summed E-state index contributed by atoms with van der Waals surface area (Å²) in [6, 6.07) is 17.3. The van der Waals surface area contributed by atoms with Crippen LogP contribution in [-0.4, -0.2) is 51.2 Å². The topological polar surface area (TPSA) is 59.8 Å². The fourth-order valence-electron chi connectivity index (χ4n) is 3.85. The molecule has 2 aromatic carbocycles. The lowest BCUT2D eigenvalue weighted by Crippen LogP contribution is -2.38. The van der Waals surface area contributed by atoms with Crippen molar-refractivity contribution in [2.45, 2.75) is 59.8 Å². The largest absolute Gasteiger partial charge is 0.439 e. The van der Waals surface area contributed by atoms with Gasteiger partial charge in [-0.05, 0) is 63.9 Å². The quantitative estimate of drug-likeness (QED) is 0.337. The molecule has 7 heteroatoms. The van der Waals surface area contributed by atoms with Crippen molar-refractivity contribution in [2.75, 3.05) is 19.7 Å². The second kappa shape index (κ2) is 12.0. The van der Waals surface area contributed by atoms with Crippen LogP contribution in [0, 0.1) is 12.8 Å². The SMILES string of the molecule is Cc1nn(-c2cccc(Cl)c2)c(Oc2ccccc2)c1CN(CC(C)C)CC(O)COC(C)(C)C. The third kappa shape index (κ3) is 8.36. The summed E-state index contributed by atoms with van der Waals surface area (Å²) in [5, 5.41) is 16.2. The fourth-order valence-corrected chi connectivity index (χ4v) is 4.03. The molecule has 0 fully saturated rings. The van der Waals surface area contributed by atoms with Gasteiger partial charge in [0.25, 0.3) is 0 Å². The number of aromatic nitrogens is 2. The molecule has 0 amide bonds. The summed E-state index contributed by atoms with van der Waals surface area (Å²) in [6.45, 7) is 14.5. The first kappa shape index (κ1) is 27.2. The fraction of sp³-hybridized carbons (Fsp3) is 0.464. The first-order valence-corrected chi connectivity index (χ1v) is 12.5. The number of ether oxygens (including phenoxy) is 2. The minimum Gasteiger partial charge on any atom is -0.439 e. The number of para-hydroxylation sites is 1. The summed E-state index contributed by atoms with van der Waals surface area (Å²) in [5.74, 6) is 1.80. The van der Waals surface area contributed by atoms with Gasteiger partial charge in [0.1, 0.15) is 5.75 Å². The molecule has 1 heterocycles. The molecule has 3 aromatic rings. The van der Waals surface area contributed by atoms with Gasteiger partial charge in [0, 0.05) is 24.7 Å². The van der Waals surface area contributed by atoms with E-state index in [1.807, 2.05) is 82.3 Å². The van der Waals surface area contributed by atoms with Crippen LogP contribution in [0.15, 0.2) is 54.6 Å². The van der Waals surface area contributed by atoms with E-state index in [0.29, 0.717) is 29.9 Å². The molecule has 0 spiro atoms. The highest BCUT2D eigenvalue weighted by atomic mass is 35.5. The maximum atomic E-state index is 10.7. The number of aliphatic hydroxyl groups excluding tert-OH is 1. The van der Waals surface area contributed by atoms with Crippen molar-refractivity contribution >= 4 is 11.6 Å². The van der Waals surface area contributed by atoms with Crippen LogP contribution in [0.3, 0.4) is 0 Å². The highest BCUT2D eigenvalue weighted by Crippen LogP contribution is 2.32. The third-order valence-electron chi connectivity index (χ3n) is 5.33. The molecule has 0 saturated carbocycles. The van der Waals surface area contributed by atoms with Gasteiger partial charge >= 0.3 is 0 Å². The van der Waals surface area contributed by atoms with Crippen LogP contribution in [0.25, 0.3) is 5.69 Å². The van der Waals surface area contributed by atoms with Crippen molar-refractivity contribution in [3.05, 3.63) is 70.9 Å². The van der Waals surface area contributed by atoms with E-state index in [2.05, 4.69) is 18.7 Å². The van der Waals surface area contributed by atoms with Crippen LogP contribution in [0.1, 0.15) is 45.9 Å². The zero-order chi connectivity index (χ0) is 25.6. The van der Waals surface area contributed by atoms with E-state index in [0.717, 1.165) is 29.2 Å². The van der Waals surface area contributed by atoms with E-state index in [-0.39, 0.29) is 12.2 Å². The first-order chi connectivity index (χ1) is 16.5. The molecule has 0 aliphatic rings. The van der Waals surface area contributed by atoms with E-state index in [1.54, 1.807) is 4.68 Å². The lowest BCUT2D eigenvalue weighted by Gasteiger charge is -2.28. The van der Waals surface area contributed by atoms with Crippen molar-refractivity contribution in [3.63, 3.8) is 0 Å². The van der Waals surface area contributed by atoms with Crippen LogP contribution in [0.4, 0.5) is 0 Å². The Kier molecular flexibility index (Phi) is 9.36. The minimum absolute atomic E-state index is 0.284. The molecule has 190 valence electrons. The van der Waals surface area contributed by atoms with Gasteiger partial charge in [-0.3, -0.25) is 4.90 Å². The second-order valence-corrected chi connectivity index (χ2v) is 10.8. The molecule has 0 saturated heterocycles. The molecule has 6 nitrogen and oxygen atoms in total. The predicted molar refractivity (Wildman–Crippen MR) is 142 cm³/mol. The number of hydrogen-bond acceptors (Lipinski definition) is 5. The average Bonchev–Trinajstić information content (AvgIpc) is 3.07. The molecule has 1 atom stereocenters. The summed E-state index contributed by atoms with van der Waals surface area (Å²) < 4.78 is 14.0. The van der Waals surface area contributed by atoms with Gasteiger partial charge in [0.05, 0.1) is 35.3 Å². The Labute approximate surface area is 214 Å². The predicted octanol–water partition coefficient (Wildman–Crippen LogP) is 6.26. The normalized spacial score (nSPS) is 13.0. The number of hydrogen-bond donors (Lipinski definition) is 1. The maximum absolute atomic E-state index is 10.7. The van der Waals surface area contributed by atoms with E-state index in [4.69, 9.17) is 26.2 Å². The van der Waals surface area contributed by atoms with Crippen molar-refractivity contribution < 1.29 is 14.6 Å². The van der Waals surface area contributed by atoms with Crippen LogP contribution in [0.2, 0.25) is 5.02 Å². The van der Waals surface area contributed by atoms with E-state index < -0.39 is 6.10 Å². The van der Waals surface area contributed by atoms with Crippen LogP contribution >= 0.6 is 11.6 Å². The van der Waals surface area contributed by atoms with Crippen molar-refractivity contribution in [1.82, 2.24) is 14.7 Å². The average molecular weight is 500 g/mol. The number of aliphatic hydroxyl groups is 1. The number of nitrogens with zero attached hydrogens (tertiary/aromatic N) is 3. The molecule has 1 aromatic heterocycles. The van der Waals surface area contributed by atoms with Gasteiger partial charge in [-0.25, -0.2) is 4.68 Å². The summed E-state index contributed by atoms with van der Waals surface area (Å²) in [7, 11) is 0. The molecule has 3 rings (SSSR count). The molecular formula is C28H38ClN3O3. The van der Waals surface area contributed by atoms with E-state index >= 15 is 0 Å². The molecule has 0 aliphatic heterocycles. The van der Waals surface area contributed by atoms with Gasteiger partial charge in [0.15, 0.2) is 0 Å². The highest BCUT2D eigenvalue weighted by Gasteiger charge is 2.24. The Morgan fingerprint density at radius 2 is 1.77 bits per heavy atom. The van der Waals surface area contributed by atoms with Gasteiger partial charge in [-0.1, -0.05) is 49.7 Å². The Hall–Kier alpha value is -2.38. The lowest BCUT2D eigenvalue weighted by molar-refractivity contribution is -0.0573. The number of halogens is 1. The monoisotopic (exact) mass is 499 g/mol. The number of rotatable bonds is 11. The Morgan fingerprint density at radius 1 is 1.06 bits per heavy atom. The summed E-state index contributed by atoms with van der Waals surface area (Å²) >= 11 is 6.28. The second-order valence-electron chi connectivity index (χ2n) is 10.3. The Bertz CT molecular complexity index is 1080. The van der Waals surface area contributed by atoms with Crippen molar-refractivity contribution in [2.24, 2.45) is 5.92 Å². The minimum atomic E-state index is -0.602. The Balaban J connectivity index is 1.94. The molecular weight excluding hydrogens is 462 g/mol. The molecule has 0 radical (unpaired) electrons. The number of aryl methyl sites for hydroxylation is 1. The van der Waals surface area contributed by atoms with Gasteiger partial charge in [-0.2, -0.15) is 5.10 Å². The third-order valence-corrected chi connectivity index (χ3v) is 5.57. The van der Waals surface area contributed by atoms with Gasteiger partial charge < -0.3 is 14.6 Å². The zero-order valence-electron chi connectivity index (χ0n) is 21.7. The first-order valence-electron chi connectivity index (χ1n) is 12.1. The summed E-state index contributed by atoms with van der Waals surface area (Å²) in [5.41, 5.74) is 2.37. The molecule has 1 unspecified atom stereocenters. The lowest BCUT2D eigenvalue weighted by atomic mass is 10.1. The standard InChI is InChI=1S/C28H38ClN3O3/c1-20(2)16-31(17-24(33)19-34-28(4,5)6)18-26-21(3)30-32(23-12-10-11-22(29)15-23)27(26)35-25-13-8-7-9-14-25/h7-15,20,24,33H,16-19H2,1-6H3. The number of benzene rings is 2. The summed E-state index contributed by atoms with van der Waals surface area (Å²) in [4.78, 5) is 2.24. The van der Waals surface area contributed by atoms with E-state index in [9.17, 15) is 5.11 Å². The molecule has 0 aliphatic carbocycles. The van der Waals surface area contributed by atoms with Gasteiger partial charge in [-0.15, -0.1) is 0 Å². The van der Waals surface area contributed by atoms with Crippen molar-refractivity contribution in [3.8, 4) is 17.3 Å². The van der Waals surface area contributed by atoms with Gasteiger partial charge in [0.2, 0.25) is 5.88 Å². The molecule has 35 heavy (non-hydrogen) atoms. The maximum Gasteiger partial charge on any atom is 0.227 e. The zero-order valence-corrected chi connectivity index (χ0v) is 22.4. The van der Waals surface area contributed by atoms with E-state index in [1.165, 1.54) is 0 Å². The Morgan fingerprint density at radius 3 is 2.40 bits per heavy atom. The van der Waals surface area contributed by atoms with Crippen LogP contribution in [-0.2, 0) is 11.3 Å². The van der Waals surface area contributed by atoms with Crippen LogP contribution < -0.4 is 4.74 Å². The van der Waals surface area contributed by atoms with Crippen LogP contribution in [0.5, 0.6) is 11.6 Å². The smallest absolute Gasteiger partial charge is 0.227 e. The summed E-state index contributed by atoms with van der Waals surface area (Å²) in [6.07, 6.45) is -0.602. The highest BCUT2D eigenvalue weighted by molar-refractivity contribution is 6.30. The van der Waals surface area contributed by atoms with Crippen molar-refractivity contribution in [1.29, 1.82) is 0 Å². The molecule has 0 bridgehead atoms.